The van der Waals surface area contributed by atoms with E-state index in [1.165, 1.54) is 0 Å². The molecular formula is C21H43N7O5S. The van der Waals surface area contributed by atoms with Crippen LogP contribution in [-0.4, -0.2) is 78.4 Å². The first-order valence-electron chi connectivity index (χ1n) is 11.8. The number of aliphatic carboxylic acids is 1. The summed E-state index contributed by atoms with van der Waals surface area (Å²) in [6, 6.07) is -3.90. The fraction of sp³-hybridized carbons (Fsp3) is 0.810. The fourth-order valence-electron chi connectivity index (χ4n) is 3.17. The van der Waals surface area contributed by atoms with E-state index in [0.717, 1.165) is 6.42 Å². The Hall–Kier alpha value is -1.93. The number of hydrogen-bond acceptors (Lipinski definition) is 9. The highest BCUT2D eigenvalue weighted by Crippen LogP contribution is 2.06. The molecule has 3 amide bonds. The van der Waals surface area contributed by atoms with Crippen LogP contribution in [0, 0.1) is 0 Å². The molecule has 0 aromatic carbocycles. The zero-order chi connectivity index (χ0) is 25.9. The molecule has 4 atom stereocenters. The summed E-state index contributed by atoms with van der Waals surface area (Å²) >= 11 is 4.14. The summed E-state index contributed by atoms with van der Waals surface area (Å²) in [4.78, 5) is 49.5. The van der Waals surface area contributed by atoms with Crippen LogP contribution >= 0.6 is 12.6 Å². The quantitative estimate of drug-likeness (QED) is 0.0668. The lowest BCUT2D eigenvalue weighted by molar-refractivity contribution is -0.142. The van der Waals surface area contributed by atoms with Crippen LogP contribution in [0.15, 0.2) is 0 Å². The van der Waals surface area contributed by atoms with Crippen molar-refractivity contribution in [2.75, 3.05) is 25.4 Å². The Balaban J connectivity index is 5.16. The predicted octanol–water partition coefficient (Wildman–Crippen LogP) is -1.83. The average molecular weight is 506 g/mol. The molecule has 0 heterocycles. The molecule has 0 bridgehead atoms. The molecule has 0 aromatic heterocycles. The van der Waals surface area contributed by atoms with Crippen molar-refractivity contribution in [1.29, 1.82) is 0 Å². The Bertz CT molecular complexity index is 626. The third-order valence-corrected chi connectivity index (χ3v) is 5.63. The molecule has 12 nitrogen and oxygen atoms in total. The zero-order valence-corrected chi connectivity index (χ0v) is 20.7. The van der Waals surface area contributed by atoms with Gasteiger partial charge in [0, 0.05) is 5.75 Å². The smallest absolute Gasteiger partial charge is 0.326 e. The van der Waals surface area contributed by atoms with Gasteiger partial charge in [0.25, 0.3) is 0 Å². The number of rotatable bonds is 20. The van der Waals surface area contributed by atoms with Gasteiger partial charge in [0.15, 0.2) is 0 Å². The molecule has 0 aliphatic rings. The number of amides is 3. The molecule has 13 heteroatoms. The summed E-state index contributed by atoms with van der Waals surface area (Å²) in [7, 11) is 0. The number of carbonyl (C=O) groups is 4. The second-order valence-corrected chi connectivity index (χ2v) is 8.53. The van der Waals surface area contributed by atoms with Crippen molar-refractivity contribution in [3.8, 4) is 0 Å². The lowest BCUT2D eigenvalue weighted by atomic mass is 10.1. The van der Waals surface area contributed by atoms with Gasteiger partial charge in [-0.2, -0.15) is 12.6 Å². The molecule has 4 unspecified atom stereocenters. The van der Waals surface area contributed by atoms with Crippen molar-refractivity contribution in [1.82, 2.24) is 16.0 Å². The van der Waals surface area contributed by atoms with Crippen molar-refractivity contribution in [3.63, 3.8) is 0 Å². The first-order valence-corrected chi connectivity index (χ1v) is 12.5. The van der Waals surface area contributed by atoms with E-state index in [0.29, 0.717) is 58.2 Å². The standard InChI is InChI=1S/C21H43N7O5S/c22-10-4-1-7-14(25)18(29)28-17(13-34)20(31)26-15(8-2-5-11-23)19(30)27-16(21(32)33)9-3-6-12-24/h14-17,34H,1-13,22-25H2,(H,26,31)(H,27,30)(H,28,29)(H,32,33). The van der Waals surface area contributed by atoms with Crippen molar-refractivity contribution in [2.45, 2.75) is 82.0 Å². The topological polar surface area (TPSA) is 229 Å². The SMILES string of the molecule is NCCCCC(N)C(=O)NC(CS)C(=O)NC(CCCCN)C(=O)NC(CCCCN)C(=O)O. The van der Waals surface area contributed by atoms with Gasteiger partial charge in [0.1, 0.15) is 18.1 Å². The summed E-state index contributed by atoms with van der Waals surface area (Å²) < 4.78 is 0. The van der Waals surface area contributed by atoms with Crippen LogP contribution < -0.4 is 38.9 Å². The molecule has 0 spiro atoms. The minimum atomic E-state index is -1.17. The second-order valence-electron chi connectivity index (χ2n) is 8.16. The van der Waals surface area contributed by atoms with E-state index < -0.39 is 47.9 Å². The molecule has 0 saturated heterocycles. The van der Waals surface area contributed by atoms with Crippen LogP contribution in [0.4, 0.5) is 0 Å². The van der Waals surface area contributed by atoms with E-state index in [4.69, 9.17) is 22.9 Å². The summed E-state index contributed by atoms with van der Waals surface area (Å²) in [6.07, 6.45) is 4.67. The molecule has 0 aromatic rings. The van der Waals surface area contributed by atoms with Crippen molar-refractivity contribution in [3.05, 3.63) is 0 Å². The van der Waals surface area contributed by atoms with Gasteiger partial charge in [-0.25, -0.2) is 4.79 Å². The maximum absolute atomic E-state index is 12.8. The van der Waals surface area contributed by atoms with E-state index in [1.54, 1.807) is 0 Å². The van der Waals surface area contributed by atoms with Crippen LogP contribution in [0.3, 0.4) is 0 Å². The lowest BCUT2D eigenvalue weighted by Crippen LogP contribution is -2.57. The normalized spacial score (nSPS) is 14.5. The Morgan fingerprint density at radius 2 is 1.06 bits per heavy atom. The Labute approximate surface area is 207 Å². The van der Waals surface area contributed by atoms with Gasteiger partial charge in [-0.15, -0.1) is 0 Å². The van der Waals surface area contributed by atoms with Crippen LogP contribution in [0.1, 0.15) is 57.8 Å². The van der Waals surface area contributed by atoms with Gasteiger partial charge < -0.3 is 44.0 Å². The number of nitrogens with two attached hydrogens (primary N) is 4. The Morgan fingerprint density at radius 3 is 1.53 bits per heavy atom. The average Bonchev–Trinajstić information content (AvgIpc) is 2.80. The molecule has 34 heavy (non-hydrogen) atoms. The number of nitrogens with one attached hydrogen (secondary N) is 3. The number of carbonyl (C=O) groups excluding carboxylic acids is 3. The summed E-state index contributed by atoms with van der Waals surface area (Å²) in [5, 5.41) is 17.1. The minimum absolute atomic E-state index is 0.0128. The monoisotopic (exact) mass is 505 g/mol. The molecule has 0 aliphatic heterocycles. The molecule has 0 aliphatic carbocycles. The minimum Gasteiger partial charge on any atom is -0.480 e. The van der Waals surface area contributed by atoms with E-state index in [-0.39, 0.29) is 18.6 Å². The van der Waals surface area contributed by atoms with Crippen LogP contribution in [-0.2, 0) is 19.2 Å². The largest absolute Gasteiger partial charge is 0.480 e. The number of carboxylic acids is 1. The molecule has 198 valence electrons. The summed E-state index contributed by atoms with van der Waals surface area (Å²) in [6.45, 7) is 1.33. The molecule has 0 rings (SSSR count). The van der Waals surface area contributed by atoms with Crippen LogP contribution in [0.2, 0.25) is 0 Å². The first kappa shape index (κ1) is 32.1. The highest BCUT2D eigenvalue weighted by Gasteiger charge is 2.29. The molecular weight excluding hydrogens is 462 g/mol. The van der Waals surface area contributed by atoms with Gasteiger partial charge in [0.05, 0.1) is 6.04 Å². The number of unbranched alkanes of at least 4 members (excludes halogenated alkanes) is 3. The summed E-state index contributed by atoms with van der Waals surface area (Å²) in [5.41, 5.74) is 22.3. The van der Waals surface area contributed by atoms with Crippen LogP contribution in [0.25, 0.3) is 0 Å². The predicted molar refractivity (Wildman–Crippen MR) is 134 cm³/mol. The van der Waals surface area contributed by atoms with Gasteiger partial charge >= 0.3 is 5.97 Å². The van der Waals surface area contributed by atoms with Gasteiger partial charge in [-0.1, -0.05) is 6.42 Å². The number of thiol groups is 1. The molecule has 12 N–H and O–H groups in total. The maximum Gasteiger partial charge on any atom is 0.326 e. The molecule has 0 saturated carbocycles. The lowest BCUT2D eigenvalue weighted by Gasteiger charge is -2.24. The second kappa shape index (κ2) is 19.4. The van der Waals surface area contributed by atoms with E-state index in [1.807, 2.05) is 0 Å². The van der Waals surface area contributed by atoms with E-state index >= 15 is 0 Å². The van der Waals surface area contributed by atoms with E-state index in [9.17, 15) is 24.3 Å². The maximum atomic E-state index is 12.8. The fourth-order valence-corrected chi connectivity index (χ4v) is 3.43. The molecule has 0 radical (unpaired) electrons. The Morgan fingerprint density at radius 1 is 0.647 bits per heavy atom. The van der Waals surface area contributed by atoms with E-state index in [2.05, 4.69) is 28.6 Å². The molecule has 0 fully saturated rings. The van der Waals surface area contributed by atoms with Gasteiger partial charge in [-0.05, 0) is 71.0 Å². The van der Waals surface area contributed by atoms with Gasteiger partial charge in [-0.3, -0.25) is 14.4 Å². The van der Waals surface area contributed by atoms with Crippen molar-refractivity contribution >= 4 is 36.3 Å². The number of hydrogen-bond donors (Lipinski definition) is 9. The third-order valence-electron chi connectivity index (χ3n) is 5.26. The highest BCUT2D eigenvalue weighted by molar-refractivity contribution is 7.80. The summed E-state index contributed by atoms with van der Waals surface area (Å²) in [5.74, 6) is -2.91. The van der Waals surface area contributed by atoms with Crippen molar-refractivity contribution in [2.24, 2.45) is 22.9 Å². The Kier molecular flexibility index (Phi) is 18.3. The first-order chi connectivity index (χ1) is 16.2. The third kappa shape index (κ3) is 13.7. The number of carboxylic acid groups (broad SMARTS) is 1. The van der Waals surface area contributed by atoms with Crippen molar-refractivity contribution < 1.29 is 24.3 Å². The van der Waals surface area contributed by atoms with Gasteiger partial charge in [0.2, 0.25) is 17.7 Å². The zero-order valence-electron chi connectivity index (χ0n) is 19.8. The van der Waals surface area contributed by atoms with Crippen LogP contribution in [0.5, 0.6) is 0 Å². The highest BCUT2D eigenvalue weighted by atomic mass is 32.1.